The van der Waals surface area contributed by atoms with Crippen LogP contribution in [0.5, 0.6) is 0 Å². The van der Waals surface area contributed by atoms with E-state index in [4.69, 9.17) is 5.73 Å². The lowest BCUT2D eigenvalue weighted by Gasteiger charge is -2.38. The van der Waals surface area contributed by atoms with E-state index in [1.54, 1.807) is 0 Å². The zero-order chi connectivity index (χ0) is 9.80. The van der Waals surface area contributed by atoms with Gasteiger partial charge in [-0.3, -0.25) is 4.90 Å². The number of nitrogens with two attached hydrogens (primary N) is 1. The van der Waals surface area contributed by atoms with Crippen LogP contribution in [0.2, 0.25) is 0 Å². The highest BCUT2D eigenvalue weighted by atomic mass is 15.2. The minimum absolute atomic E-state index is 0.547. The molecule has 1 aliphatic heterocycles. The Kier molecular flexibility index (Phi) is 3.17. The molecule has 2 heteroatoms. The molecule has 2 N–H and O–H groups in total. The van der Waals surface area contributed by atoms with E-state index in [9.17, 15) is 0 Å². The van der Waals surface area contributed by atoms with Crippen molar-refractivity contribution in [3.63, 3.8) is 0 Å². The van der Waals surface area contributed by atoms with Gasteiger partial charge in [-0.05, 0) is 31.5 Å². The highest BCUT2D eigenvalue weighted by Gasteiger charge is 2.22. The normalized spacial score (nSPS) is 18.9. The molecule has 1 unspecified atom stereocenters. The van der Waals surface area contributed by atoms with Crippen molar-refractivity contribution in [3.8, 4) is 0 Å². The maximum Gasteiger partial charge on any atom is 0.0258 e. The van der Waals surface area contributed by atoms with Gasteiger partial charge in [0.15, 0.2) is 0 Å². The summed E-state index contributed by atoms with van der Waals surface area (Å²) in [6.07, 6.45) is 2.43. The van der Waals surface area contributed by atoms with Crippen LogP contribution in [0.15, 0.2) is 30.3 Å². The van der Waals surface area contributed by atoms with Gasteiger partial charge in [-0.15, -0.1) is 0 Å². The summed E-state index contributed by atoms with van der Waals surface area (Å²) in [6.45, 7) is 3.23. The van der Waals surface area contributed by atoms with Crippen molar-refractivity contribution in [2.45, 2.75) is 18.9 Å². The maximum atomic E-state index is 5.79. The van der Waals surface area contributed by atoms with Crippen LogP contribution in [0.3, 0.4) is 0 Å². The summed E-state index contributed by atoms with van der Waals surface area (Å²) in [6, 6.07) is 11.2. The summed E-state index contributed by atoms with van der Waals surface area (Å²) >= 11 is 0. The smallest absolute Gasteiger partial charge is 0.0258 e. The van der Waals surface area contributed by atoms with Crippen LogP contribution in [0.25, 0.3) is 0 Å². The second kappa shape index (κ2) is 4.58. The van der Waals surface area contributed by atoms with E-state index >= 15 is 0 Å². The van der Waals surface area contributed by atoms with Crippen molar-refractivity contribution in [2.24, 2.45) is 5.73 Å². The van der Waals surface area contributed by atoms with Crippen LogP contribution in [-0.4, -0.2) is 30.6 Å². The third-order valence-corrected chi connectivity index (χ3v) is 2.99. The van der Waals surface area contributed by atoms with E-state index in [1.807, 2.05) is 0 Å². The largest absolute Gasteiger partial charge is 0.329 e. The van der Waals surface area contributed by atoms with Crippen molar-refractivity contribution in [3.05, 3.63) is 35.9 Å². The molecule has 1 aromatic rings. The van der Waals surface area contributed by atoms with Crippen LogP contribution in [-0.2, 0) is 6.42 Å². The number of benzene rings is 1. The van der Waals surface area contributed by atoms with Crippen molar-refractivity contribution in [1.29, 1.82) is 0 Å². The summed E-state index contributed by atoms with van der Waals surface area (Å²) in [5, 5.41) is 0. The Balaban J connectivity index is 1.94. The Bertz CT molecular complexity index is 267. The predicted octanol–water partition coefficient (Wildman–Crippen LogP) is 1.26. The second-order valence-electron chi connectivity index (χ2n) is 3.97. The minimum atomic E-state index is 0.547. The fraction of sp³-hybridized carbons (Fsp3) is 0.500. The molecule has 1 aromatic carbocycles. The highest BCUT2D eigenvalue weighted by Crippen LogP contribution is 2.14. The number of likely N-dealkylation sites (tertiary alicyclic amines) is 1. The monoisotopic (exact) mass is 190 g/mol. The summed E-state index contributed by atoms with van der Waals surface area (Å²) in [7, 11) is 0. The van der Waals surface area contributed by atoms with Gasteiger partial charge >= 0.3 is 0 Å². The van der Waals surface area contributed by atoms with E-state index < -0.39 is 0 Å². The molecule has 0 aliphatic carbocycles. The van der Waals surface area contributed by atoms with Crippen molar-refractivity contribution in [1.82, 2.24) is 4.90 Å². The first-order valence-corrected chi connectivity index (χ1v) is 5.38. The molecule has 0 saturated carbocycles. The van der Waals surface area contributed by atoms with E-state index in [2.05, 4.69) is 35.2 Å². The molecule has 76 valence electrons. The first-order chi connectivity index (χ1) is 6.90. The van der Waals surface area contributed by atoms with Crippen molar-refractivity contribution in [2.75, 3.05) is 19.6 Å². The molecule has 0 spiro atoms. The molecule has 1 aliphatic rings. The molecule has 2 rings (SSSR count). The molecule has 0 bridgehead atoms. The lowest BCUT2D eigenvalue weighted by atomic mass is 10.0. The fourth-order valence-corrected chi connectivity index (χ4v) is 1.95. The standard InChI is InChI=1S/C12H18N2/c13-10-12(14-7-4-8-14)9-11-5-2-1-3-6-11/h1-3,5-6,12H,4,7-10,13H2. The lowest BCUT2D eigenvalue weighted by molar-refractivity contribution is 0.121. The Morgan fingerprint density at radius 2 is 1.93 bits per heavy atom. The Labute approximate surface area is 85.7 Å². The van der Waals surface area contributed by atoms with Crippen LogP contribution >= 0.6 is 0 Å². The van der Waals surface area contributed by atoms with Gasteiger partial charge in [0.05, 0.1) is 0 Å². The van der Waals surface area contributed by atoms with Crippen molar-refractivity contribution < 1.29 is 0 Å². The highest BCUT2D eigenvalue weighted by molar-refractivity contribution is 5.16. The predicted molar refractivity (Wildman–Crippen MR) is 59.2 cm³/mol. The number of hydrogen-bond acceptors (Lipinski definition) is 2. The zero-order valence-electron chi connectivity index (χ0n) is 8.52. The van der Waals surface area contributed by atoms with Crippen LogP contribution in [0, 0.1) is 0 Å². The van der Waals surface area contributed by atoms with E-state index in [0.717, 1.165) is 13.0 Å². The topological polar surface area (TPSA) is 29.3 Å². The Morgan fingerprint density at radius 1 is 1.21 bits per heavy atom. The average molecular weight is 190 g/mol. The summed E-state index contributed by atoms with van der Waals surface area (Å²) < 4.78 is 0. The Hall–Kier alpha value is -0.860. The molecule has 1 saturated heterocycles. The van der Waals surface area contributed by atoms with Gasteiger partial charge in [-0.25, -0.2) is 0 Å². The average Bonchev–Trinajstić information content (AvgIpc) is 2.15. The van der Waals surface area contributed by atoms with Gasteiger partial charge in [0.25, 0.3) is 0 Å². The van der Waals surface area contributed by atoms with E-state index in [-0.39, 0.29) is 0 Å². The van der Waals surface area contributed by atoms with Crippen LogP contribution in [0.1, 0.15) is 12.0 Å². The van der Waals surface area contributed by atoms with Gasteiger partial charge in [0.1, 0.15) is 0 Å². The molecule has 0 aromatic heterocycles. The zero-order valence-corrected chi connectivity index (χ0v) is 8.52. The lowest BCUT2D eigenvalue weighted by Crippen LogP contribution is -2.49. The van der Waals surface area contributed by atoms with Crippen LogP contribution < -0.4 is 5.73 Å². The van der Waals surface area contributed by atoms with E-state index in [0.29, 0.717) is 6.04 Å². The molecule has 1 heterocycles. The third kappa shape index (κ3) is 2.14. The quantitative estimate of drug-likeness (QED) is 0.774. The van der Waals surface area contributed by atoms with Gasteiger partial charge in [0.2, 0.25) is 0 Å². The number of hydrogen-bond donors (Lipinski definition) is 1. The molecular formula is C12H18N2. The first-order valence-electron chi connectivity index (χ1n) is 5.38. The van der Waals surface area contributed by atoms with Gasteiger partial charge < -0.3 is 5.73 Å². The van der Waals surface area contributed by atoms with Gasteiger partial charge in [-0.1, -0.05) is 30.3 Å². The maximum absolute atomic E-state index is 5.79. The summed E-state index contributed by atoms with van der Waals surface area (Å²) in [5.41, 5.74) is 7.19. The third-order valence-electron chi connectivity index (χ3n) is 2.99. The minimum Gasteiger partial charge on any atom is -0.329 e. The SMILES string of the molecule is NCC(Cc1ccccc1)N1CCC1. The number of rotatable bonds is 4. The van der Waals surface area contributed by atoms with Crippen LogP contribution in [0.4, 0.5) is 0 Å². The number of nitrogens with zero attached hydrogens (tertiary/aromatic N) is 1. The fourth-order valence-electron chi connectivity index (χ4n) is 1.95. The Morgan fingerprint density at radius 3 is 2.43 bits per heavy atom. The van der Waals surface area contributed by atoms with Gasteiger partial charge in [-0.2, -0.15) is 0 Å². The summed E-state index contributed by atoms with van der Waals surface area (Å²) in [5.74, 6) is 0. The molecule has 0 radical (unpaired) electrons. The van der Waals surface area contributed by atoms with Gasteiger partial charge in [0, 0.05) is 12.6 Å². The molecule has 1 fully saturated rings. The molecule has 0 amide bonds. The molecule has 14 heavy (non-hydrogen) atoms. The first kappa shape index (κ1) is 9.69. The molecular weight excluding hydrogens is 172 g/mol. The molecule has 2 nitrogen and oxygen atoms in total. The van der Waals surface area contributed by atoms with Crippen molar-refractivity contribution >= 4 is 0 Å². The second-order valence-corrected chi connectivity index (χ2v) is 3.97. The van der Waals surface area contributed by atoms with E-state index in [1.165, 1.54) is 25.1 Å². The molecule has 1 atom stereocenters. The summed E-state index contributed by atoms with van der Waals surface area (Å²) in [4.78, 5) is 2.48.